The topological polar surface area (TPSA) is 162 Å². The Hall–Kier alpha value is -3.71. The van der Waals surface area contributed by atoms with E-state index >= 15 is 0 Å². The first kappa shape index (κ1) is 50.3. The number of alkyl halides is 3. The number of halogens is 3. The number of aliphatic hydroxyl groups is 1. The van der Waals surface area contributed by atoms with Gasteiger partial charge in [0.2, 0.25) is 5.90 Å². The normalized spacial score (nSPS) is 12.4. The highest BCUT2D eigenvalue weighted by molar-refractivity contribution is 6.76. The number of esters is 2. The van der Waals surface area contributed by atoms with Crippen molar-refractivity contribution in [1.29, 1.82) is 5.41 Å². The molecule has 0 aliphatic heterocycles. The number of carboxylic acids is 1. The Morgan fingerprint density at radius 1 is 0.611 bits per heavy atom. The van der Waals surface area contributed by atoms with Crippen LogP contribution in [0.4, 0.5) is 0 Å². The molecule has 0 unspecified atom stereocenters. The van der Waals surface area contributed by atoms with Crippen LogP contribution < -0.4 is 0 Å². The van der Waals surface area contributed by atoms with E-state index < -0.39 is 34.0 Å². The number of rotatable bonds is 14. The van der Waals surface area contributed by atoms with E-state index in [1.807, 2.05) is 119 Å². The molecule has 0 saturated heterocycles. The molecule has 3 aromatic carbocycles. The molecule has 14 heteroatoms. The van der Waals surface area contributed by atoms with Gasteiger partial charge in [-0.2, -0.15) is 0 Å². The van der Waals surface area contributed by atoms with Crippen molar-refractivity contribution >= 4 is 58.6 Å². The fraction of sp³-hybridized carbons (Fsp3) is 0.450. The maximum Gasteiger partial charge on any atom is 0.335 e. The van der Waals surface area contributed by atoms with Crippen molar-refractivity contribution in [3.63, 3.8) is 0 Å². The van der Waals surface area contributed by atoms with Crippen LogP contribution >= 0.6 is 34.8 Å². The van der Waals surface area contributed by atoms with Gasteiger partial charge in [0.15, 0.2) is 18.3 Å². The van der Waals surface area contributed by atoms with Crippen molar-refractivity contribution in [2.24, 2.45) is 17.8 Å². The molecular formula is C40H54Cl3NO10. The first-order valence-corrected chi connectivity index (χ1v) is 18.2. The van der Waals surface area contributed by atoms with Crippen LogP contribution in [0.2, 0.25) is 0 Å². The summed E-state index contributed by atoms with van der Waals surface area (Å²) in [6.45, 7) is 12.1. The molecule has 0 fully saturated rings. The summed E-state index contributed by atoms with van der Waals surface area (Å²) in [5.41, 5.74) is 2.97. The fourth-order valence-corrected chi connectivity index (χ4v) is 4.09. The number of aliphatic carboxylic acids is 1. The lowest BCUT2D eigenvalue weighted by Gasteiger charge is -2.18. The van der Waals surface area contributed by atoms with Gasteiger partial charge in [-0.05, 0) is 34.4 Å². The van der Waals surface area contributed by atoms with Crippen molar-refractivity contribution in [1.82, 2.24) is 0 Å². The van der Waals surface area contributed by atoms with E-state index in [-0.39, 0.29) is 36.2 Å². The molecule has 0 aromatic heterocycles. The molecule has 0 radical (unpaired) electrons. The van der Waals surface area contributed by atoms with Gasteiger partial charge in [-0.15, -0.1) is 0 Å². The highest BCUT2D eigenvalue weighted by Gasteiger charge is 2.28. The first-order valence-electron chi connectivity index (χ1n) is 17.1. The summed E-state index contributed by atoms with van der Waals surface area (Å²) in [5, 5.41) is 25.1. The van der Waals surface area contributed by atoms with E-state index in [1.54, 1.807) is 13.8 Å². The summed E-state index contributed by atoms with van der Waals surface area (Å²) in [7, 11) is 2.64. The molecule has 54 heavy (non-hydrogen) atoms. The van der Waals surface area contributed by atoms with Crippen LogP contribution in [0.5, 0.6) is 0 Å². The monoisotopic (exact) mass is 813 g/mol. The minimum absolute atomic E-state index is 0.0220. The smallest absolute Gasteiger partial charge is 0.335 e. The van der Waals surface area contributed by atoms with Crippen molar-refractivity contribution in [2.75, 3.05) is 14.2 Å². The van der Waals surface area contributed by atoms with Crippen LogP contribution in [0.25, 0.3) is 0 Å². The standard InChI is InChI=1S/C13H18O3.C12H16O3.C9H8Cl3NO.C6H12O3/c1-10(2)12(13(14)15-3)16-9-11-7-5-4-6-8-11;1-9(2)11(12(13)14)15-8-10-6-4-3-5-7-10;10-9(11,12)8(13)14-6-7-4-2-1-3-5-7;1-4(2)5(7)6(8)9-3/h4-8,10,12H,9H2,1-3H3;3-7,9,11H,8H2,1-2H3,(H,13,14);1-5,13H,6H2;4-5,7H,1-3H3/t12-;11-;;5-/m00.0/s1. The minimum atomic E-state index is -1.78. The van der Waals surface area contributed by atoms with Crippen molar-refractivity contribution in [3.8, 4) is 0 Å². The van der Waals surface area contributed by atoms with Gasteiger partial charge in [0.1, 0.15) is 6.61 Å². The summed E-state index contributed by atoms with van der Waals surface area (Å²) < 4.78 is 23.1. The molecule has 0 bridgehead atoms. The number of hydrogen-bond donors (Lipinski definition) is 3. The van der Waals surface area contributed by atoms with E-state index in [0.717, 1.165) is 16.7 Å². The molecule has 0 aliphatic rings. The molecular weight excluding hydrogens is 761 g/mol. The zero-order valence-corrected chi connectivity index (χ0v) is 34.3. The van der Waals surface area contributed by atoms with E-state index in [4.69, 9.17) is 69.4 Å². The molecule has 300 valence electrons. The Balaban J connectivity index is 0.000000707. The molecule has 0 aliphatic carbocycles. The number of aliphatic hydroxyl groups excluding tert-OH is 1. The van der Waals surface area contributed by atoms with Crippen LogP contribution in [0, 0.1) is 23.2 Å². The van der Waals surface area contributed by atoms with Crippen molar-refractivity contribution in [2.45, 2.75) is 83.5 Å². The molecule has 0 spiro atoms. The Labute approximate surface area is 334 Å². The summed E-state index contributed by atoms with van der Waals surface area (Å²) in [6.07, 6.45) is -2.20. The van der Waals surface area contributed by atoms with E-state index in [2.05, 4.69) is 4.74 Å². The molecule has 0 amide bonds. The Bertz CT molecular complexity index is 1470. The van der Waals surface area contributed by atoms with Gasteiger partial charge in [0.25, 0.3) is 3.79 Å². The fourth-order valence-electron chi connectivity index (χ4n) is 3.92. The lowest BCUT2D eigenvalue weighted by Crippen LogP contribution is -2.30. The highest BCUT2D eigenvalue weighted by atomic mass is 35.6. The van der Waals surface area contributed by atoms with E-state index in [9.17, 15) is 14.4 Å². The number of methoxy groups -OCH3 is 2. The molecule has 11 nitrogen and oxygen atoms in total. The summed E-state index contributed by atoms with van der Waals surface area (Å²) >= 11 is 16.3. The van der Waals surface area contributed by atoms with Gasteiger partial charge in [-0.25, -0.2) is 14.4 Å². The number of nitrogens with one attached hydrogen (secondary N) is 1. The second-order valence-corrected chi connectivity index (χ2v) is 14.9. The van der Waals surface area contributed by atoms with Gasteiger partial charge >= 0.3 is 17.9 Å². The number of benzene rings is 3. The summed E-state index contributed by atoms with van der Waals surface area (Å²) in [4.78, 5) is 32.7. The van der Waals surface area contributed by atoms with Crippen molar-refractivity contribution in [3.05, 3.63) is 108 Å². The minimum Gasteiger partial charge on any atom is -0.479 e. The average molecular weight is 815 g/mol. The van der Waals surface area contributed by atoms with Gasteiger partial charge in [0, 0.05) is 0 Å². The molecule has 3 rings (SSSR count). The maximum absolute atomic E-state index is 11.4. The third kappa shape index (κ3) is 22.5. The van der Waals surface area contributed by atoms with Crippen LogP contribution in [-0.2, 0) is 57.9 Å². The zero-order chi connectivity index (χ0) is 41.3. The van der Waals surface area contributed by atoms with E-state index in [1.165, 1.54) is 14.2 Å². The predicted octanol–water partition coefficient (Wildman–Crippen LogP) is 8.44. The molecule has 0 saturated carbocycles. The van der Waals surface area contributed by atoms with Gasteiger partial charge in [-0.3, -0.25) is 5.41 Å². The predicted molar refractivity (Wildman–Crippen MR) is 211 cm³/mol. The van der Waals surface area contributed by atoms with Crippen LogP contribution in [-0.4, -0.2) is 70.3 Å². The maximum atomic E-state index is 11.4. The largest absolute Gasteiger partial charge is 0.479 e. The lowest BCUT2D eigenvalue weighted by molar-refractivity contribution is -0.158. The molecule has 3 aromatic rings. The molecule has 3 N–H and O–H groups in total. The van der Waals surface area contributed by atoms with Gasteiger partial charge in [0.05, 0.1) is 27.4 Å². The SMILES string of the molecule is CC(C)[C@H](OCc1ccccc1)C(=O)O.COC(=O)[C@@H](O)C(C)C.COC(=O)[C@@H](OCc1ccccc1)C(C)C.N=C(OCc1ccccc1)C(Cl)(Cl)Cl. The average Bonchev–Trinajstić information content (AvgIpc) is 3.14. The van der Waals surface area contributed by atoms with E-state index in [0.29, 0.717) is 13.2 Å². The first-order chi connectivity index (χ1) is 25.3. The summed E-state index contributed by atoms with van der Waals surface area (Å²) in [6, 6.07) is 28.7. The molecule has 3 atom stereocenters. The van der Waals surface area contributed by atoms with Crippen LogP contribution in [0.3, 0.4) is 0 Å². The Morgan fingerprint density at radius 2 is 0.963 bits per heavy atom. The Morgan fingerprint density at radius 3 is 1.24 bits per heavy atom. The Kier molecular flexibility index (Phi) is 25.9. The number of carbonyl (C=O) groups is 3. The zero-order valence-electron chi connectivity index (χ0n) is 32.0. The van der Waals surface area contributed by atoms with Crippen molar-refractivity contribution < 1.29 is 48.3 Å². The quantitative estimate of drug-likeness (QED) is 0.0624. The highest BCUT2D eigenvalue weighted by Crippen LogP contribution is 2.28. The number of hydrogen-bond acceptors (Lipinski definition) is 10. The third-order valence-electron chi connectivity index (χ3n) is 6.99. The second-order valence-electron chi connectivity index (χ2n) is 12.6. The summed E-state index contributed by atoms with van der Waals surface area (Å²) in [5.74, 6) is -2.14. The molecule has 0 heterocycles. The van der Waals surface area contributed by atoms with Gasteiger partial charge in [-0.1, -0.05) is 167 Å². The van der Waals surface area contributed by atoms with Gasteiger partial charge < -0.3 is 33.9 Å². The number of ether oxygens (including phenoxy) is 5. The van der Waals surface area contributed by atoms with Crippen LogP contribution in [0.1, 0.15) is 58.2 Å². The number of carboxylic acid groups (broad SMARTS) is 1. The second kappa shape index (κ2) is 27.8. The third-order valence-corrected chi connectivity index (χ3v) is 7.51. The lowest BCUT2D eigenvalue weighted by atomic mass is 10.1. The van der Waals surface area contributed by atoms with Crippen LogP contribution in [0.15, 0.2) is 91.0 Å². The number of carbonyl (C=O) groups excluding carboxylic acids is 2.